The third-order valence-electron chi connectivity index (χ3n) is 3.79. The zero-order chi connectivity index (χ0) is 15.4. The molecule has 0 aliphatic rings. The molecule has 1 rings (SSSR count). The summed E-state index contributed by atoms with van der Waals surface area (Å²) in [6.07, 6.45) is 0.743. The summed E-state index contributed by atoms with van der Waals surface area (Å²) in [5.74, 6) is -0.222. The second-order valence-corrected chi connectivity index (χ2v) is 6.31. The largest absolute Gasteiger partial charge is 0.438 e. The van der Waals surface area contributed by atoms with Gasteiger partial charge in [-0.25, -0.2) is 0 Å². The maximum atomic E-state index is 11.9. The third-order valence-corrected chi connectivity index (χ3v) is 3.79. The molecule has 0 atom stereocenters. The van der Waals surface area contributed by atoms with Crippen molar-refractivity contribution in [3.63, 3.8) is 0 Å². The SMILES string of the molecule is CCC(C)(C)C(=O)OCOC(C)(C)c1ccc(C)cc1. The number of ether oxygens (including phenoxy) is 2. The van der Waals surface area contributed by atoms with Gasteiger partial charge in [0.25, 0.3) is 0 Å². The van der Waals surface area contributed by atoms with Crippen molar-refractivity contribution in [3.05, 3.63) is 35.4 Å². The summed E-state index contributed by atoms with van der Waals surface area (Å²) in [6.45, 7) is 11.7. The Morgan fingerprint density at radius 1 is 1.10 bits per heavy atom. The Morgan fingerprint density at radius 2 is 1.65 bits per heavy atom. The van der Waals surface area contributed by atoms with Crippen LogP contribution in [0.2, 0.25) is 0 Å². The van der Waals surface area contributed by atoms with Crippen LogP contribution in [0.4, 0.5) is 0 Å². The van der Waals surface area contributed by atoms with Gasteiger partial charge in [0, 0.05) is 0 Å². The molecule has 0 saturated carbocycles. The van der Waals surface area contributed by atoms with E-state index in [0.717, 1.165) is 12.0 Å². The molecule has 0 aromatic heterocycles. The first-order chi connectivity index (χ1) is 9.19. The number of esters is 1. The first-order valence-electron chi connectivity index (χ1n) is 7.07. The second kappa shape index (κ2) is 6.40. The van der Waals surface area contributed by atoms with E-state index in [0.29, 0.717) is 0 Å². The molecule has 0 aliphatic heterocycles. The molecule has 0 unspecified atom stereocenters. The molecule has 3 heteroatoms. The lowest BCUT2D eigenvalue weighted by Gasteiger charge is -2.27. The molecule has 3 nitrogen and oxygen atoms in total. The van der Waals surface area contributed by atoms with Gasteiger partial charge in [-0.2, -0.15) is 0 Å². The van der Waals surface area contributed by atoms with E-state index in [1.165, 1.54) is 5.56 Å². The van der Waals surface area contributed by atoms with Crippen molar-refractivity contribution < 1.29 is 14.3 Å². The van der Waals surface area contributed by atoms with E-state index >= 15 is 0 Å². The van der Waals surface area contributed by atoms with Gasteiger partial charge in [0.2, 0.25) is 0 Å². The number of benzene rings is 1. The summed E-state index contributed by atoms with van der Waals surface area (Å²) >= 11 is 0. The van der Waals surface area contributed by atoms with Crippen molar-refractivity contribution in [1.29, 1.82) is 0 Å². The summed E-state index contributed by atoms with van der Waals surface area (Å²) in [5, 5.41) is 0. The van der Waals surface area contributed by atoms with Crippen molar-refractivity contribution >= 4 is 5.97 Å². The fourth-order valence-electron chi connectivity index (χ4n) is 1.61. The third kappa shape index (κ3) is 4.34. The summed E-state index contributed by atoms with van der Waals surface area (Å²) in [5.41, 5.74) is 1.33. The minimum Gasteiger partial charge on any atom is -0.438 e. The Morgan fingerprint density at radius 3 is 2.15 bits per heavy atom. The maximum absolute atomic E-state index is 11.9. The Hall–Kier alpha value is -1.35. The van der Waals surface area contributed by atoms with Crippen LogP contribution in [0.3, 0.4) is 0 Å². The van der Waals surface area contributed by atoms with Crippen LogP contribution in [-0.4, -0.2) is 12.8 Å². The smallest absolute Gasteiger partial charge is 0.313 e. The molecular formula is C17H26O3. The van der Waals surface area contributed by atoms with Crippen molar-refractivity contribution in [2.24, 2.45) is 5.41 Å². The van der Waals surface area contributed by atoms with Gasteiger partial charge in [0.15, 0.2) is 6.79 Å². The van der Waals surface area contributed by atoms with Gasteiger partial charge in [-0.3, -0.25) is 4.79 Å². The van der Waals surface area contributed by atoms with E-state index in [4.69, 9.17) is 9.47 Å². The molecular weight excluding hydrogens is 252 g/mol. The molecule has 0 bridgehead atoms. The van der Waals surface area contributed by atoms with Crippen LogP contribution < -0.4 is 0 Å². The van der Waals surface area contributed by atoms with Crippen molar-refractivity contribution in [3.8, 4) is 0 Å². The van der Waals surface area contributed by atoms with Crippen LogP contribution >= 0.6 is 0 Å². The molecule has 20 heavy (non-hydrogen) atoms. The highest BCUT2D eigenvalue weighted by atomic mass is 16.7. The highest BCUT2D eigenvalue weighted by Gasteiger charge is 2.28. The Bertz CT molecular complexity index is 444. The van der Waals surface area contributed by atoms with E-state index in [9.17, 15) is 4.79 Å². The molecule has 0 aliphatic carbocycles. The molecule has 1 aromatic carbocycles. The molecule has 0 heterocycles. The average Bonchev–Trinajstić information content (AvgIpc) is 2.38. The molecule has 0 radical (unpaired) electrons. The van der Waals surface area contributed by atoms with Crippen LogP contribution in [0, 0.1) is 12.3 Å². The minimum atomic E-state index is -0.482. The standard InChI is InChI=1S/C17H26O3/c1-7-16(3,4)15(18)19-12-20-17(5,6)14-10-8-13(2)9-11-14/h8-11H,7,12H2,1-6H3. The Kier molecular flexibility index (Phi) is 5.35. The maximum Gasteiger partial charge on any atom is 0.313 e. The van der Waals surface area contributed by atoms with Crippen LogP contribution in [0.5, 0.6) is 0 Å². The molecule has 112 valence electrons. The Balaban J connectivity index is 2.56. The van der Waals surface area contributed by atoms with E-state index in [1.54, 1.807) is 0 Å². The quantitative estimate of drug-likeness (QED) is 0.578. The number of carbonyl (C=O) groups is 1. The van der Waals surface area contributed by atoms with Crippen LogP contribution in [0.1, 0.15) is 52.2 Å². The molecule has 0 N–H and O–H groups in total. The topological polar surface area (TPSA) is 35.5 Å². The lowest BCUT2D eigenvalue weighted by molar-refractivity contribution is -0.179. The van der Waals surface area contributed by atoms with Crippen LogP contribution in [-0.2, 0) is 19.9 Å². The van der Waals surface area contributed by atoms with E-state index < -0.39 is 11.0 Å². The predicted octanol–water partition coefficient (Wildman–Crippen LogP) is 4.18. The number of hydrogen-bond donors (Lipinski definition) is 0. The van der Waals surface area contributed by atoms with Gasteiger partial charge in [0.05, 0.1) is 11.0 Å². The average molecular weight is 278 g/mol. The summed E-state index contributed by atoms with van der Waals surface area (Å²) < 4.78 is 10.9. The molecule has 0 saturated heterocycles. The minimum absolute atomic E-state index is 0.0247. The van der Waals surface area contributed by atoms with E-state index in [1.807, 2.05) is 65.8 Å². The number of carbonyl (C=O) groups excluding carboxylic acids is 1. The lowest BCUT2D eigenvalue weighted by Crippen LogP contribution is -2.29. The van der Waals surface area contributed by atoms with Gasteiger partial charge in [-0.15, -0.1) is 0 Å². The predicted molar refractivity (Wildman–Crippen MR) is 80.3 cm³/mol. The van der Waals surface area contributed by atoms with Gasteiger partial charge in [-0.05, 0) is 46.6 Å². The first-order valence-corrected chi connectivity index (χ1v) is 7.07. The van der Waals surface area contributed by atoms with Crippen molar-refractivity contribution in [2.45, 2.75) is 53.6 Å². The zero-order valence-corrected chi connectivity index (χ0v) is 13.4. The van der Waals surface area contributed by atoms with E-state index in [2.05, 4.69) is 0 Å². The number of rotatable bonds is 6. The molecule has 0 spiro atoms. The van der Waals surface area contributed by atoms with Gasteiger partial charge in [-0.1, -0.05) is 36.8 Å². The highest BCUT2D eigenvalue weighted by molar-refractivity contribution is 5.75. The highest BCUT2D eigenvalue weighted by Crippen LogP contribution is 2.26. The second-order valence-electron chi connectivity index (χ2n) is 6.31. The zero-order valence-electron chi connectivity index (χ0n) is 13.4. The first kappa shape index (κ1) is 16.7. The lowest BCUT2D eigenvalue weighted by atomic mass is 9.91. The monoisotopic (exact) mass is 278 g/mol. The molecule has 0 fully saturated rings. The van der Waals surface area contributed by atoms with Gasteiger partial charge in [0.1, 0.15) is 0 Å². The van der Waals surface area contributed by atoms with Gasteiger partial charge >= 0.3 is 5.97 Å². The Labute approximate surface area is 122 Å². The number of aryl methyl sites for hydroxylation is 1. The molecule has 1 aromatic rings. The van der Waals surface area contributed by atoms with Crippen molar-refractivity contribution in [1.82, 2.24) is 0 Å². The van der Waals surface area contributed by atoms with Crippen LogP contribution in [0.25, 0.3) is 0 Å². The van der Waals surface area contributed by atoms with Crippen molar-refractivity contribution in [2.75, 3.05) is 6.79 Å². The summed E-state index contributed by atoms with van der Waals surface area (Å²) in [7, 11) is 0. The van der Waals surface area contributed by atoms with Crippen LogP contribution in [0.15, 0.2) is 24.3 Å². The molecule has 0 amide bonds. The summed E-state index contributed by atoms with van der Waals surface area (Å²) in [6, 6.07) is 8.17. The number of hydrogen-bond acceptors (Lipinski definition) is 3. The fraction of sp³-hybridized carbons (Fsp3) is 0.588. The van der Waals surface area contributed by atoms with E-state index in [-0.39, 0.29) is 12.8 Å². The van der Waals surface area contributed by atoms with Gasteiger partial charge < -0.3 is 9.47 Å². The normalized spacial score (nSPS) is 12.3. The fourth-order valence-corrected chi connectivity index (χ4v) is 1.61. The summed E-state index contributed by atoms with van der Waals surface area (Å²) in [4.78, 5) is 11.9.